The number of ether oxygens (including phenoxy) is 8. The van der Waals surface area contributed by atoms with Crippen molar-refractivity contribution in [1.82, 2.24) is 0 Å². The molecule has 0 unspecified atom stereocenters. The summed E-state index contributed by atoms with van der Waals surface area (Å²) in [6.45, 7) is 31.8. The van der Waals surface area contributed by atoms with Crippen LogP contribution in [0.5, 0.6) is 46.0 Å². The topological polar surface area (TPSA) is 73.8 Å². The number of hydrogen-bond donors (Lipinski definition) is 0. The maximum Gasteiger partial charge on any atom is 0.131 e. The van der Waals surface area contributed by atoms with Gasteiger partial charge < -0.3 is 37.9 Å². The molecule has 0 spiro atoms. The Morgan fingerprint density at radius 2 is 0.379 bits per heavy atom. The summed E-state index contributed by atoms with van der Waals surface area (Å²) in [5.74, 6) is 5.88. The zero-order valence-electron chi connectivity index (χ0n) is 37.8. The molecule has 12 radical (unpaired) electrons. The van der Waals surface area contributed by atoms with Gasteiger partial charge in [0.05, 0.1) is 73.1 Å². The van der Waals surface area contributed by atoms with Crippen molar-refractivity contribution in [2.45, 2.75) is 160 Å². The van der Waals surface area contributed by atoms with E-state index in [-0.39, 0.29) is 103 Å². The molecule has 4 aromatic carbocycles. The summed E-state index contributed by atoms with van der Waals surface area (Å²) in [6.07, 6.45) is 1.34. The Morgan fingerprint density at radius 1 is 0.276 bits per heavy atom. The van der Waals surface area contributed by atoms with E-state index in [1.54, 1.807) is 0 Å². The minimum Gasteiger partial charge on any atom is -0.490 e. The molecule has 10 heteroatoms. The van der Waals surface area contributed by atoms with Crippen LogP contribution in [-0.4, -0.2) is 100 Å². The molecule has 0 aliphatic heterocycles. The van der Waals surface area contributed by atoms with E-state index in [0.29, 0.717) is 0 Å². The Labute approximate surface area is 392 Å². The predicted octanol–water partition coefficient (Wildman–Crippen LogP) is 12.0. The molecule has 58 heavy (non-hydrogen) atoms. The van der Waals surface area contributed by atoms with E-state index >= 15 is 0 Å². The van der Waals surface area contributed by atoms with Crippen LogP contribution >= 0.6 is 0 Å². The van der Waals surface area contributed by atoms with E-state index in [1.165, 1.54) is 0 Å². The average Bonchev–Trinajstić information content (AvgIpc) is 3.04. The summed E-state index contributed by atoms with van der Waals surface area (Å²) in [7, 11) is 0. The zero-order valence-corrected chi connectivity index (χ0v) is 44.6. The summed E-state index contributed by atoms with van der Waals surface area (Å²) in [5, 5.41) is 0. The van der Waals surface area contributed by atoms with Gasteiger partial charge in [-0.1, -0.05) is 24.3 Å². The third kappa shape index (κ3) is 30.1. The molecular weight excluding hydrogens is 1030 g/mol. The van der Waals surface area contributed by atoms with Gasteiger partial charge in [0.25, 0.3) is 0 Å². The molecule has 320 valence electrons. The molecule has 0 heterocycles. The smallest absolute Gasteiger partial charge is 0.131 e. The molecule has 0 aliphatic rings. The average molecular weight is 1100 g/mol. The van der Waals surface area contributed by atoms with Gasteiger partial charge in [-0.3, -0.25) is 0 Å². The van der Waals surface area contributed by atoms with E-state index < -0.39 is 0 Å². The fourth-order valence-electron chi connectivity index (χ4n) is 4.29. The second-order valence-electron chi connectivity index (χ2n) is 14.8. The van der Waals surface area contributed by atoms with Gasteiger partial charge in [-0.15, -0.1) is 0 Å². The molecule has 8 nitrogen and oxygen atoms in total. The fourth-order valence-corrected chi connectivity index (χ4v) is 4.29. The molecular formula is C48H72O8PbSn. The van der Waals surface area contributed by atoms with E-state index in [1.807, 2.05) is 184 Å². The molecule has 0 N–H and O–H groups in total. The van der Waals surface area contributed by atoms with E-state index in [0.717, 1.165) is 46.0 Å². The van der Waals surface area contributed by atoms with Gasteiger partial charge in [0.2, 0.25) is 0 Å². The van der Waals surface area contributed by atoms with Gasteiger partial charge in [0.1, 0.15) is 46.0 Å². The monoisotopic (exact) mass is 1100 g/mol. The third-order valence-corrected chi connectivity index (χ3v) is 5.87. The second-order valence-corrected chi connectivity index (χ2v) is 14.8. The Balaban J connectivity index is -0.000000341. The molecule has 0 fully saturated rings. The first-order valence-electron chi connectivity index (χ1n) is 19.7. The van der Waals surface area contributed by atoms with Crippen LogP contribution in [0, 0.1) is 24.3 Å². The molecule has 4 aromatic rings. The van der Waals surface area contributed by atoms with Crippen molar-refractivity contribution in [2.75, 3.05) is 0 Å². The maximum absolute atomic E-state index is 5.50. The van der Waals surface area contributed by atoms with Crippen molar-refractivity contribution >= 4 is 51.2 Å². The van der Waals surface area contributed by atoms with Gasteiger partial charge in [-0.25, -0.2) is 0 Å². The third-order valence-electron chi connectivity index (χ3n) is 5.87. The molecule has 0 atom stereocenters. The normalized spacial score (nSPS) is 10.3. The largest absolute Gasteiger partial charge is 0.490 e. The van der Waals surface area contributed by atoms with Crippen LogP contribution in [0.2, 0.25) is 0 Å². The fraction of sp³-hybridized carbons (Fsp3) is 0.500. The van der Waals surface area contributed by atoms with Crippen LogP contribution in [0.15, 0.2) is 72.8 Å². The first-order valence-corrected chi connectivity index (χ1v) is 19.7. The number of rotatable bonds is 16. The van der Waals surface area contributed by atoms with E-state index in [2.05, 4.69) is 24.3 Å². The van der Waals surface area contributed by atoms with Crippen LogP contribution in [-0.2, 0) is 0 Å². The predicted molar refractivity (Wildman–Crippen MR) is 243 cm³/mol. The van der Waals surface area contributed by atoms with Gasteiger partial charge >= 0.3 is 0 Å². The quantitative estimate of drug-likeness (QED) is 0.103. The van der Waals surface area contributed by atoms with Crippen molar-refractivity contribution in [3.8, 4) is 46.0 Å². The minimum absolute atomic E-state index is 0. The second kappa shape index (κ2) is 31.9. The van der Waals surface area contributed by atoms with Crippen LogP contribution in [0.4, 0.5) is 0 Å². The van der Waals surface area contributed by atoms with Crippen LogP contribution in [0.1, 0.15) is 114 Å². The Morgan fingerprint density at radius 3 is 0.466 bits per heavy atom. The molecule has 0 bridgehead atoms. The summed E-state index contributed by atoms with van der Waals surface area (Å²) in [5.41, 5.74) is 0. The van der Waals surface area contributed by atoms with Crippen molar-refractivity contribution in [3.63, 3.8) is 0 Å². The van der Waals surface area contributed by atoms with Crippen LogP contribution in [0.3, 0.4) is 0 Å². The van der Waals surface area contributed by atoms with Gasteiger partial charge in [-0.2, -0.15) is 0 Å². The molecule has 0 amide bonds. The zero-order chi connectivity index (χ0) is 42.2. The first kappa shape index (κ1) is 57.1. The Hall–Kier alpha value is -3.00. The molecule has 0 saturated heterocycles. The molecule has 0 saturated carbocycles. The molecule has 0 aromatic heterocycles. The standard InChI is InChI=1S/4C12H17O2.Pb.Sn.2H2/c4*1-9(2)13-11-6-5-7-12(8-11)14-10(3)4;;;;/h4*5-7,9-10H,1-4H3;;;2*1H. The Bertz CT molecular complexity index is 1280. The maximum atomic E-state index is 5.50. The van der Waals surface area contributed by atoms with Gasteiger partial charge in [0, 0.05) is 54.1 Å². The van der Waals surface area contributed by atoms with Crippen LogP contribution in [0.25, 0.3) is 0 Å². The van der Waals surface area contributed by atoms with Gasteiger partial charge in [-0.05, 0) is 159 Å². The summed E-state index contributed by atoms with van der Waals surface area (Å²) in [6, 6.07) is 34.9. The van der Waals surface area contributed by atoms with E-state index in [4.69, 9.17) is 37.9 Å². The molecule has 4 rings (SSSR count). The Kier molecular flexibility index (Phi) is 31.4. The van der Waals surface area contributed by atoms with Crippen molar-refractivity contribution in [3.05, 3.63) is 97.1 Å². The minimum atomic E-state index is 0. The summed E-state index contributed by atoms with van der Waals surface area (Å²) in [4.78, 5) is 0. The van der Waals surface area contributed by atoms with Crippen molar-refractivity contribution in [2.24, 2.45) is 0 Å². The number of hydrogen-bond acceptors (Lipinski definition) is 8. The summed E-state index contributed by atoms with van der Waals surface area (Å²) >= 11 is 0. The SMILES string of the molecule is CC(C)Oc1[c]c(OC(C)C)ccc1.CC(C)Oc1[c]c(OC(C)C)ccc1.CC(C)Oc1[c]c(OC(C)C)ccc1.CC(C)Oc1[c]c(OC(C)C)ccc1.[HH].[HH].[Pb].[Sn]. The first-order chi connectivity index (χ1) is 26.3. The van der Waals surface area contributed by atoms with Crippen molar-refractivity contribution in [1.29, 1.82) is 0 Å². The molecule has 0 aliphatic carbocycles. The van der Waals surface area contributed by atoms with Crippen molar-refractivity contribution < 1.29 is 40.7 Å². The number of benzene rings is 4. The van der Waals surface area contributed by atoms with Crippen LogP contribution < -0.4 is 37.9 Å². The van der Waals surface area contributed by atoms with Gasteiger partial charge in [0.15, 0.2) is 0 Å². The summed E-state index contributed by atoms with van der Waals surface area (Å²) < 4.78 is 44.0. The van der Waals surface area contributed by atoms with E-state index in [9.17, 15) is 0 Å².